The van der Waals surface area contributed by atoms with Crippen molar-refractivity contribution in [1.29, 1.82) is 0 Å². The fourth-order valence-electron chi connectivity index (χ4n) is 1.67. The Bertz CT molecular complexity index is 381. The predicted octanol–water partition coefficient (Wildman–Crippen LogP) is 1.52. The molecule has 1 atom stereocenters. The highest BCUT2D eigenvalue weighted by molar-refractivity contribution is 5.16. The molecular weight excluding hydrogens is 186 g/mol. The summed E-state index contributed by atoms with van der Waals surface area (Å²) in [6.07, 6.45) is 5.25. The van der Waals surface area contributed by atoms with Gasteiger partial charge in [-0.05, 0) is 12.0 Å². The third kappa shape index (κ3) is 2.92. The second-order valence-electron chi connectivity index (χ2n) is 3.73. The van der Waals surface area contributed by atoms with E-state index >= 15 is 0 Å². The summed E-state index contributed by atoms with van der Waals surface area (Å²) in [5.74, 6) is 0. The average Bonchev–Trinajstić information content (AvgIpc) is 2.71. The Morgan fingerprint density at radius 3 is 2.67 bits per heavy atom. The highest BCUT2D eigenvalue weighted by atomic mass is 14.9. The number of nitrogens with two attached hydrogens (primary N) is 1. The first-order valence-corrected chi connectivity index (χ1v) is 5.11. The third-order valence-electron chi connectivity index (χ3n) is 2.38. The zero-order chi connectivity index (χ0) is 10.5. The SMILES string of the molecule is N[C@@H](Cc1ccccc1)Cc1cnc[nH]1. The van der Waals surface area contributed by atoms with E-state index in [1.54, 1.807) is 6.33 Å². The van der Waals surface area contributed by atoms with Gasteiger partial charge >= 0.3 is 0 Å². The molecule has 1 aromatic carbocycles. The summed E-state index contributed by atoms with van der Waals surface area (Å²) >= 11 is 0. The normalized spacial score (nSPS) is 12.6. The Hall–Kier alpha value is -1.61. The lowest BCUT2D eigenvalue weighted by molar-refractivity contribution is 0.656. The van der Waals surface area contributed by atoms with E-state index in [0.717, 1.165) is 18.5 Å². The molecule has 0 aliphatic carbocycles. The summed E-state index contributed by atoms with van der Waals surface area (Å²) in [4.78, 5) is 7.03. The molecule has 0 aliphatic rings. The van der Waals surface area contributed by atoms with E-state index in [4.69, 9.17) is 5.73 Å². The van der Waals surface area contributed by atoms with Crippen molar-refractivity contribution in [2.24, 2.45) is 5.73 Å². The van der Waals surface area contributed by atoms with Crippen molar-refractivity contribution in [2.75, 3.05) is 0 Å². The van der Waals surface area contributed by atoms with Crippen molar-refractivity contribution >= 4 is 0 Å². The molecule has 2 aromatic rings. The van der Waals surface area contributed by atoms with Gasteiger partial charge in [-0.25, -0.2) is 4.98 Å². The van der Waals surface area contributed by atoms with Crippen LogP contribution in [0.15, 0.2) is 42.9 Å². The van der Waals surface area contributed by atoms with E-state index < -0.39 is 0 Å². The first-order chi connectivity index (χ1) is 7.34. The van der Waals surface area contributed by atoms with Gasteiger partial charge in [0.2, 0.25) is 0 Å². The number of hydrogen-bond acceptors (Lipinski definition) is 2. The molecule has 3 nitrogen and oxygen atoms in total. The second-order valence-corrected chi connectivity index (χ2v) is 3.73. The van der Waals surface area contributed by atoms with Gasteiger partial charge in [-0.2, -0.15) is 0 Å². The molecule has 3 heteroatoms. The fourth-order valence-corrected chi connectivity index (χ4v) is 1.67. The van der Waals surface area contributed by atoms with E-state index in [9.17, 15) is 0 Å². The Kier molecular flexibility index (Phi) is 3.15. The maximum absolute atomic E-state index is 6.05. The Morgan fingerprint density at radius 1 is 1.20 bits per heavy atom. The molecule has 0 saturated carbocycles. The molecule has 0 spiro atoms. The Labute approximate surface area is 89.4 Å². The quantitative estimate of drug-likeness (QED) is 0.788. The molecule has 0 fully saturated rings. The highest BCUT2D eigenvalue weighted by Crippen LogP contribution is 2.05. The van der Waals surface area contributed by atoms with Crippen LogP contribution in [0, 0.1) is 0 Å². The van der Waals surface area contributed by atoms with Crippen LogP contribution in [0.2, 0.25) is 0 Å². The number of aromatic amines is 1. The smallest absolute Gasteiger partial charge is 0.0921 e. The van der Waals surface area contributed by atoms with E-state index in [2.05, 4.69) is 22.1 Å². The maximum atomic E-state index is 6.05. The number of benzene rings is 1. The lowest BCUT2D eigenvalue weighted by Crippen LogP contribution is -2.25. The van der Waals surface area contributed by atoms with Gasteiger partial charge in [-0.15, -0.1) is 0 Å². The monoisotopic (exact) mass is 201 g/mol. The van der Waals surface area contributed by atoms with Gasteiger partial charge in [0.15, 0.2) is 0 Å². The minimum Gasteiger partial charge on any atom is -0.348 e. The van der Waals surface area contributed by atoms with E-state index in [-0.39, 0.29) is 6.04 Å². The molecule has 15 heavy (non-hydrogen) atoms. The minimum absolute atomic E-state index is 0.146. The van der Waals surface area contributed by atoms with Crippen molar-refractivity contribution in [3.8, 4) is 0 Å². The molecule has 0 amide bonds. The summed E-state index contributed by atoms with van der Waals surface area (Å²) in [5.41, 5.74) is 8.43. The second kappa shape index (κ2) is 4.75. The number of imidazole rings is 1. The van der Waals surface area contributed by atoms with E-state index in [0.29, 0.717) is 0 Å². The van der Waals surface area contributed by atoms with Gasteiger partial charge in [-0.1, -0.05) is 30.3 Å². The van der Waals surface area contributed by atoms with Crippen LogP contribution in [-0.2, 0) is 12.8 Å². The lowest BCUT2D eigenvalue weighted by Gasteiger charge is -2.09. The molecule has 3 N–H and O–H groups in total. The van der Waals surface area contributed by atoms with Crippen LogP contribution in [0.4, 0.5) is 0 Å². The molecule has 0 aliphatic heterocycles. The van der Waals surface area contributed by atoms with Crippen molar-refractivity contribution in [3.05, 3.63) is 54.1 Å². The van der Waals surface area contributed by atoms with Gasteiger partial charge in [0.05, 0.1) is 6.33 Å². The van der Waals surface area contributed by atoms with Crippen LogP contribution >= 0.6 is 0 Å². The van der Waals surface area contributed by atoms with Gasteiger partial charge in [0.1, 0.15) is 0 Å². The Morgan fingerprint density at radius 2 is 2.00 bits per heavy atom. The molecule has 0 radical (unpaired) electrons. The fraction of sp³-hybridized carbons (Fsp3) is 0.250. The summed E-state index contributed by atoms with van der Waals surface area (Å²) in [6, 6.07) is 10.5. The summed E-state index contributed by atoms with van der Waals surface area (Å²) in [6.45, 7) is 0. The van der Waals surface area contributed by atoms with Crippen molar-refractivity contribution in [1.82, 2.24) is 9.97 Å². The molecule has 0 unspecified atom stereocenters. The first-order valence-electron chi connectivity index (χ1n) is 5.11. The maximum Gasteiger partial charge on any atom is 0.0921 e. The van der Waals surface area contributed by atoms with Gasteiger partial charge < -0.3 is 10.7 Å². The number of hydrogen-bond donors (Lipinski definition) is 2. The summed E-state index contributed by atoms with van der Waals surface area (Å²) < 4.78 is 0. The zero-order valence-electron chi connectivity index (χ0n) is 8.56. The zero-order valence-corrected chi connectivity index (χ0v) is 8.56. The molecule has 0 bridgehead atoms. The summed E-state index contributed by atoms with van der Waals surface area (Å²) in [5, 5.41) is 0. The van der Waals surface area contributed by atoms with Crippen molar-refractivity contribution in [2.45, 2.75) is 18.9 Å². The number of nitrogens with zero attached hydrogens (tertiary/aromatic N) is 1. The van der Waals surface area contributed by atoms with Gasteiger partial charge in [-0.3, -0.25) is 0 Å². The van der Waals surface area contributed by atoms with Gasteiger partial charge in [0, 0.05) is 24.4 Å². The largest absolute Gasteiger partial charge is 0.348 e. The summed E-state index contributed by atoms with van der Waals surface area (Å²) in [7, 11) is 0. The van der Waals surface area contributed by atoms with Crippen LogP contribution in [-0.4, -0.2) is 16.0 Å². The standard InChI is InChI=1S/C12H15N3/c13-11(7-12-8-14-9-15-12)6-10-4-2-1-3-5-10/h1-5,8-9,11H,6-7,13H2,(H,14,15)/t11-/m0/s1. The minimum atomic E-state index is 0.146. The Balaban J connectivity index is 1.90. The van der Waals surface area contributed by atoms with Crippen LogP contribution in [0.25, 0.3) is 0 Å². The van der Waals surface area contributed by atoms with E-state index in [1.165, 1.54) is 5.56 Å². The number of H-pyrrole nitrogens is 1. The van der Waals surface area contributed by atoms with Gasteiger partial charge in [0.25, 0.3) is 0 Å². The van der Waals surface area contributed by atoms with Crippen LogP contribution in [0.3, 0.4) is 0 Å². The average molecular weight is 201 g/mol. The van der Waals surface area contributed by atoms with Crippen LogP contribution in [0.5, 0.6) is 0 Å². The molecule has 1 aromatic heterocycles. The lowest BCUT2D eigenvalue weighted by atomic mass is 10.0. The molecule has 78 valence electrons. The number of aromatic nitrogens is 2. The third-order valence-corrected chi connectivity index (χ3v) is 2.38. The molecule has 2 rings (SSSR count). The number of rotatable bonds is 4. The predicted molar refractivity (Wildman–Crippen MR) is 60.4 cm³/mol. The van der Waals surface area contributed by atoms with E-state index in [1.807, 2.05) is 24.4 Å². The molecular formula is C12H15N3. The molecule has 0 saturated heterocycles. The topological polar surface area (TPSA) is 54.7 Å². The van der Waals surface area contributed by atoms with Crippen LogP contribution < -0.4 is 5.73 Å². The first kappa shape index (κ1) is 9.93. The number of nitrogens with one attached hydrogen (secondary N) is 1. The van der Waals surface area contributed by atoms with Crippen molar-refractivity contribution < 1.29 is 0 Å². The van der Waals surface area contributed by atoms with Crippen LogP contribution in [0.1, 0.15) is 11.3 Å². The van der Waals surface area contributed by atoms with Crippen molar-refractivity contribution in [3.63, 3.8) is 0 Å². The highest BCUT2D eigenvalue weighted by Gasteiger charge is 2.05. The molecule has 1 heterocycles.